The van der Waals surface area contributed by atoms with Crippen molar-refractivity contribution in [2.24, 2.45) is 0 Å². The summed E-state index contributed by atoms with van der Waals surface area (Å²) in [6.45, 7) is 1.58. The summed E-state index contributed by atoms with van der Waals surface area (Å²) in [5.41, 5.74) is 2.01. The summed E-state index contributed by atoms with van der Waals surface area (Å²) in [7, 11) is 0. The highest BCUT2D eigenvalue weighted by molar-refractivity contribution is 5.88. The zero-order valence-corrected chi connectivity index (χ0v) is 13.8. The van der Waals surface area contributed by atoms with Crippen molar-refractivity contribution >= 4 is 16.9 Å². The van der Waals surface area contributed by atoms with Crippen molar-refractivity contribution < 1.29 is 14.3 Å². The second-order valence-corrected chi connectivity index (χ2v) is 5.45. The van der Waals surface area contributed by atoms with E-state index in [1.165, 1.54) is 23.7 Å². The molecule has 4 rings (SSSR count). The molecule has 0 aliphatic rings. The number of H-pyrrole nitrogens is 1. The Balaban J connectivity index is 0.000000181. The van der Waals surface area contributed by atoms with E-state index in [1.807, 2.05) is 24.5 Å². The lowest BCUT2D eigenvalue weighted by atomic mass is 10.2. The molecule has 6 nitrogen and oxygen atoms in total. The highest BCUT2D eigenvalue weighted by atomic mass is 19.1. The Hall–Kier alpha value is -3.61. The minimum atomic E-state index is -1.08. The van der Waals surface area contributed by atoms with Crippen LogP contribution in [0.5, 0.6) is 0 Å². The Kier molecular flexibility index (Phi) is 4.98. The molecular weight excluding hydrogens is 335 g/mol. The van der Waals surface area contributed by atoms with E-state index >= 15 is 0 Å². The van der Waals surface area contributed by atoms with E-state index in [0.717, 1.165) is 5.52 Å². The Morgan fingerprint density at radius 2 is 2.04 bits per heavy atom. The number of hydrogen-bond acceptors (Lipinski definition) is 4. The third kappa shape index (κ3) is 3.89. The van der Waals surface area contributed by atoms with Crippen LogP contribution in [0.1, 0.15) is 16.1 Å². The fourth-order valence-electron chi connectivity index (χ4n) is 2.34. The standard InChI is InChI=1S/C12H9FN2O2.C7H6N2/c1-7-10(12(16)17)6-14-11(15-7)8-3-2-4-9(13)5-8;1-3-8-5-7-6(1)2-4-9-7/h2-6H,1H3,(H,16,17);1-5,9H. The van der Waals surface area contributed by atoms with Crippen molar-refractivity contribution in [3.63, 3.8) is 0 Å². The lowest BCUT2D eigenvalue weighted by Gasteiger charge is -2.03. The van der Waals surface area contributed by atoms with Crippen LogP contribution in [0.25, 0.3) is 22.3 Å². The Morgan fingerprint density at radius 1 is 1.19 bits per heavy atom. The maximum absolute atomic E-state index is 13.0. The first kappa shape index (κ1) is 17.2. The molecule has 1 aromatic carbocycles. The third-order valence-corrected chi connectivity index (χ3v) is 3.65. The van der Waals surface area contributed by atoms with Gasteiger partial charge in [0, 0.05) is 29.5 Å². The number of nitrogens with one attached hydrogen (secondary N) is 1. The van der Waals surface area contributed by atoms with Crippen LogP contribution in [0.3, 0.4) is 0 Å². The van der Waals surface area contributed by atoms with E-state index in [4.69, 9.17) is 5.11 Å². The van der Waals surface area contributed by atoms with Crippen molar-refractivity contribution in [1.29, 1.82) is 0 Å². The van der Waals surface area contributed by atoms with E-state index in [2.05, 4.69) is 19.9 Å². The molecular formula is C19H15FN4O2. The molecule has 0 spiro atoms. The number of aromatic nitrogens is 4. The molecule has 0 unspecified atom stereocenters. The van der Waals surface area contributed by atoms with Crippen LogP contribution in [-0.4, -0.2) is 31.0 Å². The molecule has 0 aliphatic heterocycles. The van der Waals surface area contributed by atoms with Crippen molar-refractivity contribution in [2.75, 3.05) is 0 Å². The van der Waals surface area contributed by atoms with Gasteiger partial charge in [-0.3, -0.25) is 4.98 Å². The van der Waals surface area contributed by atoms with Crippen LogP contribution in [-0.2, 0) is 0 Å². The molecule has 3 heterocycles. The van der Waals surface area contributed by atoms with Gasteiger partial charge in [-0.2, -0.15) is 0 Å². The number of benzene rings is 1. The van der Waals surface area contributed by atoms with Crippen LogP contribution < -0.4 is 0 Å². The smallest absolute Gasteiger partial charge is 0.339 e. The minimum Gasteiger partial charge on any atom is -0.478 e. The number of rotatable bonds is 2. The zero-order chi connectivity index (χ0) is 18.5. The highest BCUT2D eigenvalue weighted by Gasteiger charge is 2.11. The number of carboxylic acid groups (broad SMARTS) is 1. The van der Waals surface area contributed by atoms with Gasteiger partial charge in [-0.25, -0.2) is 19.2 Å². The first-order valence-corrected chi connectivity index (χ1v) is 7.74. The van der Waals surface area contributed by atoms with Gasteiger partial charge in [0.05, 0.1) is 23.0 Å². The van der Waals surface area contributed by atoms with Crippen LogP contribution in [0.4, 0.5) is 4.39 Å². The molecule has 0 fully saturated rings. The second kappa shape index (κ2) is 7.52. The number of halogens is 1. The second-order valence-electron chi connectivity index (χ2n) is 5.45. The Labute approximate surface area is 148 Å². The third-order valence-electron chi connectivity index (χ3n) is 3.65. The molecule has 4 aromatic rings. The average Bonchev–Trinajstić information content (AvgIpc) is 3.10. The first-order chi connectivity index (χ1) is 12.5. The number of aromatic carboxylic acids is 1. The van der Waals surface area contributed by atoms with Gasteiger partial charge in [-0.05, 0) is 31.2 Å². The fraction of sp³-hybridized carbons (Fsp3) is 0.0526. The topological polar surface area (TPSA) is 91.8 Å². The molecule has 7 heteroatoms. The van der Waals surface area contributed by atoms with Crippen LogP contribution >= 0.6 is 0 Å². The lowest BCUT2D eigenvalue weighted by molar-refractivity contribution is 0.0695. The molecule has 2 N–H and O–H groups in total. The normalized spacial score (nSPS) is 10.2. The van der Waals surface area contributed by atoms with Gasteiger partial charge in [-0.15, -0.1) is 0 Å². The number of aryl methyl sites for hydroxylation is 1. The molecule has 0 bridgehead atoms. The van der Waals surface area contributed by atoms with Crippen molar-refractivity contribution in [1.82, 2.24) is 19.9 Å². The predicted molar refractivity (Wildman–Crippen MR) is 95.2 cm³/mol. The SMILES string of the molecule is Cc1nc(-c2cccc(F)c2)ncc1C(=O)O.c1cc2cc[nH]c2cn1. The number of carboxylic acids is 1. The number of carbonyl (C=O) groups is 1. The highest BCUT2D eigenvalue weighted by Crippen LogP contribution is 2.17. The summed E-state index contributed by atoms with van der Waals surface area (Å²) in [4.78, 5) is 25.8. The maximum Gasteiger partial charge on any atom is 0.339 e. The first-order valence-electron chi connectivity index (χ1n) is 7.74. The van der Waals surface area contributed by atoms with Crippen molar-refractivity contribution in [2.45, 2.75) is 6.92 Å². The number of hydrogen-bond donors (Lipinski definition) is 2. The largest absolute Gasteiger partial charge is 0.478 e. The average molecular weight is 350 g/mol. The minimum absolute atomic E-state index is 0.0464. The monoisotopic (exact) mass is 350 g/mol. The van der Waals surface area contributed by atoms with Gasteiger partial charge in [-0.1, -0.05) is 12.1 Å². The summed E-state index contributed by atoms with van der Waals surface area (Å²) in [5, 5.41) is 10.0. The van der Waals surface area contributed by atoms with E-state index in [-0.39, 0.29) is 11.4 Å². The van der Waals surface area contributed by atoms with Crippen molar-refractivity contribution in [3.05, 3.63) is 78.3 Å². The molecule has 130 valence electrons. The summed E-state index contributed by atoms with van der Waals surface area (Å²) in [6.07, 6.45) is 6.74. The number of nitrogens with zero attached hydrogens (tertiary/aromatic N) is 3. The quantitative estimate of drug-likeness (QED) is 0.573. The van der Waals surface area contributed by atoms with Gasteiger partial charge in [0.25, 0.3) is 0 Å². The van der Waals surface area contributed by atoms with Crippen LogP contribution in [0.15, 0.2) is 61.2 Å². The molecule has 3 aromatic heterocycles. The number of fused-ring (bicyclic) bond motifs is 1. The molecule has 0 saturated heterocycles. The number of aromatic amines is 1. The van der Waals surface area contributed by atoms with E-state index in [1.54, 1.807) is 25.3 Å². The molecule has 0 aliphatic carbocycles. The Morgan fingerprint density at radius 3 is 2.73 bits per heavy atom. The fourth-order valence-corrected chi connectivity index (χ4v) is 2.34. The van der Waals surface area contributed by atoms with Gasteiger partial charge >= 0.3 is 5.97 Å². The molecule has 0 saturated carbocycles. The van der Waals surface area contributed by atoms with Gasteiger partial charge in [0.15, 0.2) is 5.82 Å². The van der Waals surface area contributed by atoms with Gasteiger partial charge in [0.2, 0.25) is 0 Å². The van der Waals surface area contributed by atoms with Gasteiger partial charge < -0.3 is 10.1 Å². The van der Waals surface area contributed by atoms with Crippen LogP contribution in [0, 0.1) is 12.7 Å². The molecule has 0 radical (unpaired) electrons. The summed E-state index contributed by atoms with van der Waals surface area (Å²) in [6, 6.07) is 9.84. The van der Waals surface area contributed by atoms with E-state index in [9.17, 15) is 9.18 Å². The van der Waals surface area contributed by atoms with E-state index in [0.29, 0.717) is 17.1 Å². The predicted octanol–water partition coefficient (Wildman–Crippen LogP) is 3.85. The summed E-state index contributed by atoms with van der Waals surface area (Å²) in [5.74, 6) is -1.15. The Bertz CT molecular complexity index is 1030. The van der Waals surface area contributed by atoms with Crippen molar-refractivity contribution in [3.8, 4) is 11.4 Å². The maximum atomic E-state index is 13.0. The zero-order valence-electron chi connectivity index (χ0n) is 13.8. The molecule has 0 amide bonds. The van der Waals surface area contributed by atoms with Crippen LogP contribution in [0.2, 0.25) is 0 Å². The van der Waals surface area contributed by atoms with E-state index < -0.39 is 5.97 Å². The summed E-state index contributed by atoms with van der Waals surface area (Å²) < 4.78 is 13.0. The molecule has 0 atom stereocenters. The number of pyridine rings is 1. The summed E-state index contributed by atoms with van der Waals surface area (Å²) >= 11 is 0. The van der Waals surface area contributed by atoms with Gasteiger partial charge in [0.1, 0.15) is 5.82 Å². The lowest BCUT2D eigenvalue weighted by Crippen LogP contribution is -2.04. The molecule has 26 heavy (non-hydrogen) atoms.